The number of pyridine rings is 1. The first-order chi connectivity index (χ1) is 9.13. The lowest BCUT2D eigenvalue weighted by Gasteiger charge is -2.07. The van der Waals surface area contributed by atoms with Gasteiger partial charge in [0.2, 0.25) is 0 Å². The summed E-state index contributed by atoms with van der Waals surface area (Å²) in [6.45, 7) is 4.76. The third-order valence-corrected chi connectivity index (χ3v) is 3.43. The van der Waals surface area contributed by atoms with Gasteiger partial charge in [-0.25, -0.2) is 4.98 Å². The van der Waals surface area contributed by atoms with Gasteiger partial charge in [0.05, 0.1) is 11.6 Å². The number of nitrogens with zero attached hydrogens (tertiary/aromatic N) is 1. The first-order valence-corrected chi connectivity index (χ1v) is 7.18. The highest BCUT2D eigenvalue weighted by molar-refractivity contribution is 7.99. The molecule has 0 aliphatic rings. The molecule has 4 heteroatoms. The minimum absolute atomic E-state index is 0.656. The van der Waals surface area contributed by atoms with Gasteiger partial charge in [0.15, 0.2) is 0 Å². The minimum Gasteiger partial charge on any atom is -0.493 e. The second-order valence-corrected chi connectivity index (χ2v) is 5.51. The molecule has 1 aromatic heterocycles. The van der Waals surface area contributed by atoms with Crippen LogP contribution in [-0.4, -0.2) is 17.3 Å². The molecule has 2 aromatic rings. The maximum absolute atomic E-state index is 5.64. The molecule has 0 spiro atoms. The fraction of sp³-hybridized carbons (Fsp3) is 0.267. The Labute approximate surface area is 118 Å². The summed E-state index contributed by atoms with van der Waals surface area (Å²) in [6.07, 6.45) is 0. The van der Waals surface area contributed by atoms with Crippen LogP contribution in [0.2, 0.25) is 0 Å². The van der Waals surface area contributed by atoms with E-state index in [9.17, 15) is 0 Å². The van der Waals surface area contributed by atoms with E-state index in [1.165, 1.54) is 5.56 Å². The summed E-state index contributed by atoms with van der Waals surface area (Å²) in [5.74, 6) is 1.73. The maximum Gasteiger partial charge on any atom is 0.119 e. The van der Waals surface area contributed by atoms with Gasteiger partial charge < -0.3 is 10.5 Å². The fourth-order valence-corrected chi connectivity index (χ4v) is 2.60. The Bertz CT molecular complexity index is 520. The Kier molecular flexibility index (Phi) is 4.68. The van der Waals surface area contributed by atoms with Crippen LogP contribution in [0.1, 0.15) is 11.3 Å². The average molecular weight is 274 g/mol. The molecule has 2 rings (SSSR count). The molecule has 1 heterocycles. The number of anilines is 1. The van der Waals surface area contributed by atoms with E-state index in [0.29, 0.717) is 6.61 Å². The smallest absolute Gasteiger partial charge is 0.119 e. The number of rotatable bonds is 5. The monoisotopic (exact) mass is 274 g/mol. The Balaban J connectivity index is 1.79. The zero-order chi connectivity index (χ0) is 13.7. The molecule has 0 radical (unpaired) electrons. The fourth-order valence-electron chi connectivity index (χ4n) is 1.75. The van der Waals surface area contributed by atoms with Gasteiger partial charge in [0, 0.05) is 17.1 Å². The molecule has 100 valence electrons. The zero-order valence-electron chi connectivity index (χ0n) is 11.2. The highest BCUT2D eigenvalue weighted by atomic mass is 32.2. The van der Waals surface area contributed by atoms with Gasteiger partial charge in [-0.05, 0) is 55.8 Å². The zero-order valence-corrected chi connectivity index (χ0v) is 12.0. The number of hydrogen-bond acceptors (Lipinski definition) is 4. The van der Waals surface area contributed by atoms with Crippen molar-refractivity contribution in [2.75, 3.05) is 18.1 Å². The molecule has 0 unspecified atom stereocenters. The molecular formula is C15H18N2OS. The lowest BCUT2D eigenvalue weighted by molar-refractivity contribution is 0.344. The SMILES string of the molecule is Cc1cc(C)nc(SCCOc2ccc(N)cc2)c1. The van der Waals surface area contributed by atoms with Gasteiger partial charge in [-0.2, -0.15) is 0 Å². The molecule has 1 aromatic carbocycles. The van der Waals surface area contributed by atoms with Crippen LogP contribution in [0.5, 0.6) is 5.75 Å². The van der Waals surface area contributed by atoms with E-state index in [-0.39, 0.29) is 0 Å². The molecule has 0 fully saturated rings. The van der Waals surface area contributed by atoms with Gasteiger partial charge in [0.25, 0.3) is 0 Å². The third kappa shape index (κ3) is 4.48. The van der Waals surface area contributed by atoms with E-state index in [0.717, 1.165) is 27.9 Å². The van der Waals surface area contributed by atoms with Crippen molar-refractivity contribution < 1.29 is 4.74 Å². The van der Waals surface area contributed by atoms with Crippen molar-refractivity contribution in [3.05, 3.63) is 47.7 Å². The molecule has 2 N–H and O–H groups in total. The van der Waals surface area contributed by atoms with Gasteiger partial charge in [-0.15, -0.1) is 11.8 Å². The average Bonchev–Trinajstić information content (AvgIpc) is 2.36. The van der Waals surface area contributed by atoms with Gasteiger partial charge >= 0.3 is 0 Å². The first kappa shape index (κ1) is 13.7. The van der Waals surface area contributed by atoms with Crippen molar-refractivity contribution in [3.8, 4) is 5.75 Å². The highest BCUT2D eigenvalue weighted by Crippen LogP contribution is 2.18. The van der Waals surface area contributed by atoms with E-state index in [1.807, 2.05) is 31.2 Å². The summed E-state index contributed by atoms with van der Waals surface area (Å²) in [5, 5.41) is 1.05. The summed E-state index contributed by atoms with van der Waals surface area (Å²) in [6, 6.07) is 11.6. The first-order valence-electron chi connectivity index (χ1n) is 6.20. The van der Waals surface area contributed by atoms with E-state index in [4.69, 9.17) is 10.5 Å². The Morgan fingerprint density at radius 2 is 1.89 bits per heavy atom. The molecule has 0 aliphatic carbocycles. The predicted octanol–water partition coefficient (Wildman–Crippen LogP) is 3.45. The summed E-state index contributed by atoms with van der Waals surface area (Å²) in [7, 11) is 0. The van der Waals surface area contributed by atoms with Crippen LogP contribution < -0.4 is 10.5 Å². The Morgan fingerprint density at radius 1 is 1.16 bits per heavy atom. The van der Waals surface area contributed by atoms with Crippen molar-refractivity contribution >= 4 is 17.4 Å². The summed E-state index contributed by atoms with van der Waals surface area (Å²) >= 11 is 1.71. The normalized spacial score (nSPS) is 10.4. The van der Waals surface area contributed by atoms with Gasteiger partial charge in [-0.1, -0.05) is 0 Å². The third-order valence-electron chi connectivity index (χ3n) is 2.56. The Morgan fingerprint density at radius 3 is 2.58 bits per heavy atom. The van der Waals surface area contributed by atoms with Crippen LogP contribution in [0.15, 0.2) is 41.4 Å². The molecule has 0 saturated heterocycles. The molecule has 0 saturated carbocycles. The van der Waals surface area contributed by atoms with Gasteiger partial charge in [-0.3, -0.25) is 0 Å². The quantitative estimate of drug-likeness (QED) is 0.515. The van der Waals surface area contributed by atoms with Crippen molar-refractivity contribution in [2.45, 2.75) is 18.9 Å². The molecule has 19 heavy (non-hydrogen) atoms. The summed E-state index contributed by atoms with van der Waals surface area (Å²) in [4.78, 5) is 4.48. The topological polar surface area (TPSA) is 48.1 Å². The highest BCUT2D eigenvalue weighted by Gasteiger charge is 1.99. The number of hydrogen-bond donors (Lipinski definition) is 1. The second kappa shape index (κ2) is 6.48. The standard InChI is InChI=1S/C15H18N2OS/c1-11-9-12(2)17-15(10-11)19-8-7-18-14-5-3-13(16)4-6-14/h3-6,9-10H,7-8,16H2,1-2H3. The molecule has 0 bridgehead atoms. The maximum atomic E-state index is 5.64. The number of aryl methyl sites for hydroxylation is 2. The molecular weight excluding hydrogens is 256 g/mol. The largest absolute Gasteiger partial charge is 0.493 e. The van der Waals surface area contributed by atoms with Crippen molar-refractivity contribution in [3.63, 3.8) is 0 Å². The Hall–Kier alpha value is -1.68. The van der Waals surface area contributed by atoms with Crippen molar-refractivity contribution in [1.82, 2.24) is 4.98 Å². The number of nitrogens with two attached hydrogens (primary N) is 1. The number of thioether (sulfide) groups is 1. The second-order valence-electron chi connectivity index (χ2n) is 4.39. The van der Waals surface area contributed by atoms with Crippen LogP contribution in [0.4, 0.5) is 5.69 Å². The van der Waals surface area contributed by atoms with Crippen LogP contribution in [-0.2, 0) is 0 Å². The molecule has 3 nitrogen and oxygen atoms in total. The minimum atomic E-state index is 0.656. The predicted molar refractivity (Wildman–Crippen MR) is 80.8 cm³/mol. The van der Waals surface area contributed by atoms with Crippen molar-refractivity contribution in [2.24, 2.45) is 0 Å². The van der Waals surface area contributed by atoms with E-state index in [2.05, 4.69) is 24.0 Å². The lowest BCUT2D eigenvalue weighted by atomic mass is 10.3. The van der Waals surface area contributed by atoms with Crippen LogP contribution in [0.3, 0.4) is 0 Å². The van der Waals surface area contributed by atoms with Crippen molar-refractivity contribution in [1.29, 1.82) is 0 Å². The number of ether oxygens (including phenoxy) is 1. The van der Waals surface area contributed by atoms with Crippen LogP contribution >= 0.6 is 11.8 Å². The van der Waals surface area contributed by atoms with E-state index < -0.39 is 0 Å². The summed E-state index contributed by atoms with van der Waals surface area (Å²) < 4.78 is 5.64. The molecule has 0 atom stereocenters. The number of benzene rings is 1. The van der Waals surface area contributed by atoms with Crippen LogP contribution in [0, 0.1) is 13.8 Å². The van der Waals surface area contributed by atoms with E-state index in [1.54, 1.807) is 11.8 Å². The molecule has 0 aliphatic heterocycles. The van der Waals surface area contributed by atoms with Gasteiger partial charge in [0.1, 0.15) is 5.75 Å². The lowest BCUT2D eigenvalue weighted by Crippen LogP contribution is -2.00. The number of nitrogen functional groups attached to an aromatic ring is 1. The van der Waals surface area contributed by atoms with Crippen LogP contribution in [0.25, 0.3) is 0 Å². The van der Waals surface area contributed by atoms with E-state index >= 15 is 0 Å². The summed E-state index contributed by atoms with van der Waals surface area (Å²) in [5.41, 5.74) is 8.67. The number of aromatic nitrogens is 1. The molecule has 0 amide bonds.